The number of esters is 3. The van der Waals surface area contributed by atoms with Gasteiger partial charge in [0.2, 0.25) is 0 Å². The zero-order valence-corrected chi connectivity index (χ0v) is 51.1. The minimum absolute atomic E-state index is 0.103. The molecule has 0 aromatic carbocycles. The van der Waals surface area contributed by atoms with Gasteiger partial charge in [-0.15, -0.1) is 0 Å². The average Bonchev–Trinajstić information content (AvgIpc) is 3.45. The van der Waals surface area contributed by atoms with Crippen LogP contribution in [0.15, 0.2) is 146 Å². The van der Waals surface area contributed by atoms with Crippen molar-refractivity contribution in [2.75, 3.05) is 13.2 Å². The van der Waals surface area contributed by atoms with Crippen LogP contribution in [0.1, 0.15) is 278 Å². The van der Waals surface area contributed by atoms with Crippen LogP contribution in [0, 0.1) is 0 Å². The van der Waals surface area contributed by atoms with Crippen molar-refractivity contribution in [3.63, 3.8) is 0 Å². The molecule has 0 N–H and O–H groups in total. The van der Waals surface area contributed by atoms with Crippen molar-refractivity contribution in [1.29, 1.82) is 0 Å². The van der Waals surface area contributed by atoms with Gasteiger partial charge in [0.1, 0.15) is 13.2 Å². The Bertz CT molecular complexity index is 1730. The number of carbonyl (C=O) groups is 3. The molecule has 1 unspecified atom stereocenters. The lowest BCUT2D eigenvalue weighted by atomic mass is 10.0. The summed E-state index contributed by atoms with van der Waals surface area (Å²) in [5.41, 5.74) is 0. The highest BCUT2D eigenvalue weighted by Crippen LogP contribution is 2.15. The molecule has 0 aromatic heterocycles. The predicted molar refractivity (Wildman–Crippen MR) is 343 cm³/mol. The molecule has 0 bridgehead atoms. The van der Waals surface area contributed by atoms with Gasteiger partial charge >= 0.3 is 17.9 Å². The lowest BCUT2D eigenvalue weighted by Gasteiger charge is -2.18. The van der Waals surface area contributed by atoms with Gasteiger partial charge in [-0.1, -0.05) is 263 Å². The van der Waals surface area contributed by atoms with Crippen molar-refractivity contribution in [2.24, 2.45) is 0 Å². The third-order valence-corrected chi connectivity index (χ3v) is 13.3. The van der Waals surface area contributed by atoms with Crippen LogP contribution >= 0.6 is 0 Å². The zero-order chi connectivity index (χ0) is 57.1. The third-order valence-electron chi connectivity index (χ3n) is 13.3. The summed E-state index contributed by atoms with van der Waals surface area (Å²) in [4.78, 5) is 38.3. The Morgan fingerprint density at radius 1 is 0.266 bits per heavy atom. The zero-order valence-electron chi connectivity index (χ0n) is 51.1. The summed E-state index contributed by atoms with van der Waals surface area (Å²) < 4.78 is 16.9. The van der Waals surface area contributed by atoms with E-state index in [1.165, 1.54) is 96.3 Å². The van der Waals surface area contributed by atoms with Crippen molar-refractivity contribution in [1.82, 2.24) is 0 Å². The van der Waals surface area contributed by atoms with Crippen molar-refractivity contribution >= 4 is 17.9 Å². The Kier molecular flexibility index (Phi) is 61.9. The normalized spacial score (nSPS) is 13.1. The number of unbranched alkanes of at least 4 members (excludes halogenated alkanes) is 22. The standard InChI is InChI=1S/C73H118O6/c1-4-7-10-13-16-19-22-25-28-30-32-33-34-35-36-37-38-39-41-42-45-48-51-54-57-60-63-66-72(75)78-69-70(68-77-71(74)65-62-59-56-53-50-47-44-27-24-21-18-15-12-9-6-3)79-73(76)67-64-61-58-55-52-49-46-43-40-31-29-26-23-20-17-14-11-8-5-2/h7,9-10,12,16-21,25-29,32-33,35-36,40,43-44,50,53,70H,4-6,8,11,13-15,22-24,30-31,34,37-39,41-42,45-49,51-52,54-69H2,1-3H3/b10-7-,12-9-,19-16-,20-17-,21-18-,28-25-,29-26-,33-32-,36-35-,43-40-,44-27-,53-50-. The van der Waals surface area contributed by atoms with E-state index in [-0.39, 0.29) is 31.1 Å². The quantitative estimate of drug-likeness (QED) is 0.0261. The van der Waals surface area contributed by atoms with Gasteiger partial charge in [0.05, 0.1) is 0 Å². The Labute approximate surface area is 487 Å². The van der Waals surface area contributed by atoms with E-state index in [1.54, 1.807) is 0 Å². The number of ether oxygens (including phenoxy) is 3. The third kappa shape index (κ3) is 64.0. The van der Waals surface area contributed by atoms with Gasteiger partial charge in [-0.25, -0.2) is 0 Å². The molecule has 6 heteroatoms. The SMILES string of the molecule is CC/C=C\C/C=C\C/C=C\C/C=C\C/C=C\CCCCCCCCCCCCCC(=O)OCC(COC(=O)CCCC/C=C\C/C=C\C/C=C\C/C=C\CC)OC(=O)CCCCCCCC/C=C\C/C=C\C/C=C\CCCCC. The van der Waals surface area contributed by atoms with Crippen LogP contribution in [0.4, 0.5) is 0 Å². The molecule has 0 fully saturated rings. The Balaban J connectivity index is 4.41. The first kappa shape index (κ1) is 74.3. The summed E-state index contributed by atoms with van der Waals surface area (Å²) in [6, 6.07) is 0. The van der Waals surface area contributed by atoms with Crippen molar-refractivity contribution in [3.05, 3.63) is 146 Å². The molecule has 0 spiro atoms. The van der Waals surface area contributed by atoms with Gasteiger partial charge in [0.15, 0.2) is 6.10 Å². The fourth-order valence-corrected chi connectivity index (χ4v) is 8.53. The fourth-order valence-electron chi connectivity index (χ4n) is 8.53. The minimum atomic E-state index is -0.811. The second-order valence-corrected chi connectivity index (χ2v) is 20.9. The average molecular weight is 1090 g/mol. The van der Waals surface area contributed by atoms with Crippen LogP contribution in [0.5, 0.6) is 0 Å². The summed E-state index contributed by atoms with van der Waals surface area (Å²) in [5.74, 6) is -0.961. The van der Waals surface area contributed by atoms with Crippen molar-refractivity contribution in [2.45, 2.75) is 284 Å². The van der Waals surface area contributed by atoms with Crippen LogP contribution in [-0.4, -0.2) is 37.2 Å². The first-order valence-corrected chi connectivity index (χ1v) is 32.3. The summed E-state index contributed by atoms with van der Waals surface area (Å²) >= 11 is 0. The highest BCUT2D eigenvalue weighted by molar-refractivity contribution is 5.71. The second-order valence-electron chi connectivity index (χ2n) is 20.9. The fraction of sp³-hybridized carbons (Fsp3) is 0.630. The predicted octanol–water partition coefficient (Wildman–Crippen LogP) is 22.3. The molecule has 6 nitrogen and oxygen atoms in total. The van der Waals surface area contributed by atoms with E-state index in [4.69, 9.17) is 14.2 Å². The maximum absolute atomic E-state index is 12.9. The molecule has 0 aliphatic carbocycles. The number of allylic oxidation sites excluding steroid dienone is 24. The molecule has 0 aromatic rings. The molecular weight excluding hydrogens is 973 g/mol. The number of hydrogen-bond donors (Lipinski definition) is 0. The molecule has 0 radical (unpaired) electrons. The molecule has 79 heavy (non-hydrogen) atoms. The van der Waals surface area contributed by atoms with E-state index in [1.807, 2.05) is 0 Å². The van der Waals surface area contributed by atoms with Crippen LogP contribution in [0.2, 0.25) is 0 Å². The van der Waals surface area contributed by atoms with Gasteiger partial charge in [-0.2, -0.15) is 0 Å². The molecule has 1 atom stereocenters. The van der Waals surface area contributed by atoms with Crippen LogP contribution in [0.3, 0.4) is 0 Å². The van der Waals surface area contributed by atoms with Crippen molar-refractivity contribution < 1.29 is 28.6 Å². The lowest BCUT2D eigenvalue weighted by Crippen LogP contribution is -2.30. The molecule has 0 rings (SSSR count). The Morgan fingerprint density at radius 2 is 0.494 bits per heavy atom. The summed E-state index contributed by atoms with van der Waals surface area (Å²) in [6.07, 6.45) is 94.2. The minimum Gasteiger partial charge on any atom is -0.462 e. The maximum atomic E-state index is 12.9. The van der Waals surface area contributed by atoms with Gasteiger partial charge in [0, 0.05) is 19.3 Å². The summed E-state index contributed by atoms with van der Waals surface area (Å²) in [6.45, 7) is 6.34. The largest absolute Gasteiger partial charge is 0.462 e. The van der Waals surface area contributed by atoms with E-state index in [2.05, 4.69) is 167 Å². The van der Waals surface area contributed by atoms with Crippen LogP contribution in [0.25, 0.3) is 0 Å². The van der Waals surface area contributed by atoms with E-state index in [0.29, 0.717) is 19.3 Å². The van der Waals surface area contributed by atoms with Gasteiger partial charge in [-0.3, -0.25) is 14.4 Å². The molecule has 446 valence electrons. The molecular formula is C73H118O6. The first-order chi connectivity index (χ1) is 39.0. The Hall–Kier alpha value is -4.71. The smallest absolute Gasteiger partial charge is 0.306 e. The van der Waals surface area contributed by atoms with E-state index < -0.39 is 6.10 Å². The lowest BCUT2D eigenvalue weighted by molar-refractivity contribution is -0.167. The number of carbonyl (C=O) groups excluding carboxylic acids is 3. The van der Waals surface area contributed by atoms with Gasteiger partial charge in [-0.05, 0) is 141 Å². The van der Waals surface area contributed by atoms with Gasteiger partial charge in [0.25, 0.3) is 0 Å². The molecule has 0 saturated carbocycles. The van der Waals surface area contributed by atoms with E-state index in [9.17, 15) is 14.4 Å². The molecule has 0 saturated heterocycles. The first-order valence-electron chi connectivity index (χ1n) is 32.3. The van der Waals surface area contributed by atoms with Gasteiger partial charge < -0.3 is 14.2 Å². The molecule has 0 heterocycles. The monoisotopic (exact) mass is 1090 g/mol. The summed E-state index contributed by atoms with van der Waals surface area (Å²) in [7, 11) is 0. The maximum Gasteiger partial charge on any atom is 0.306 e. The van der Waals surface area contributed by atoms with Crippen LogP contribution in [-0.2, 0) is 28.6 Å². The van der Waals surface area contributed by atoms with Crippen LogP contribution < -0.4 is 0 Å². The van der Waals surface area contributed by atoms with E-state index in [0.717, 1.165) is 141 Å². The second kappa shape index (κ2) is 65.8. The number of rotatable bonds is 57. The van der Waals surface area contributed by atoms with E-state index >= 15 is 0 Å². The summed E-state index contributed by atoms with van der Waals surface area (Å²) in [5, 5.41) is 0. The van der Waals surface area contributed by atoms with Crippen molar-refractivity contribution in [3.8, 4) is 0 Å². The molecule has 0 aliphatic rings. The highest BCUT2D eigenvalue weighted by Gasteiger charge is 2.19. The highest BCUT2D eigenvalue weighted by atomic mass is 16.6. The molecule has 0 aliphatic heterocycles. The topological polar surface area (TPSA) is 78.9 Å². The molecule has 0 amide bonds. The number of hydrogen-bond acceptors (Lipinski definition) is 6. The Morgan fingerprint density at radius 3 is 0.797 bits per heavy atom.